The molecule has 0 radical (unpaired) electrons. The maximum atomic E-state index is 12.6. The van der Waals surface area contributed by atoms with E-state index in [9.17, 15) is 13.9 Å². The Morgan fingerprint density at radius 1 is 1.36 bits per heavy atom. The highest BCUT2D eigenvalue weighted by atomic mass is 32.1. The van der Waals surface area contributed by atoms with E-state index in [-0.39, 0.29) is 11.3 Å². The smallest absolute Gasteiger partial charge is 0.265 e. The highest BCUT2D eigenvalue weighted by Gasteiger charge is 2.16. The van der Waals surface area contributed by atoms with Crippen molar-refractivity contribution in [2.75, 3.05) is 0 Å². The average Bonchev–Trinajstić information content (AvgIpc) is 2.56. The van der Waals surface area contributed by atoms with Crippen molar-refractivity contribution in [1.29, 1.82) is 0 Å². The van der Waals surface area contributed by atoms with Gasteiger partial charge in [-0.1, -0.05) is 6.07 Å². The number of fused-ring (bicyclic) bond motifs is 1. The third-order valence-electron chi connectivity index (χ3n) is 2.17. The molecule has 14 heavy (non-hydrogen) atoms. The van der Waals surface area contributed by atoms with E-state index in [1.54, 1.807) is 13.0 Å². The van der Waals surface area contributed by atoms with Gasteiger partial charge in [-0.2, -0.15) is 0 Å². The Kier molecular flexibility index (Phi) is 2.15. The Morgan fingerprint density at radius 2 is 2.07 bits per heavy atom. The van der Waals surface area contributed by atoms with Gasteiger partial charge in [-0.05, 0) is 18.6 Å². The van der Waals surface area contributed by atoms with Crippen LogP contribution in [-0.2, 0) is 0 Å². The Hall–Kier alpha value is -1.16. The lowest BCUT2D eigenvalue weighted by Gasteiger charge is -2.02. The van der Waals surface area contributed by atoms with Crippen molar-refractivity contribution < 1.29 is 13.9 Å². The van der Waals surface area contributed by atoms with Crippen LogP contribution in [0.2, 0.25) is 0 Å². The van der Waals surface area contributed by atoms with Crippen LogP contribution in [0.1, 0.15) is 17.6 Å². The number of alkyl halides is 2. The minimum atomic E-state index is -2.48. The van der Waals surface area contributed by atoms with Crippen molar-refractivity contribution >= 4 is 21.4 Å². The van der Waals surface area contributed by atoms with Gasteiger partial charge in [0, 0.05) is 16.3 Å². The van der Waals surface area contributed by atoms with Gasteiger partial charge in [0.1, 0.15) is 5.75 Å². The van der Waals surface area contributed by atoms with Gasteiger partial charge < -0.3 is 5.11 Å². The highest BCUT2D eigenvalue weighted by molar-refractivity contribution is 7.17. The molecule has 0 saturated carbocycles. The number of phenols is 1. The molecule has 1 nitrogen and oxygen atoms in total. The summed E-state index contributed by atoms with van der Waals surface area (Å²) < 4.78 is 25.7. The van der Waals surface area contributed by atoms with E-state index in [0.29, 0.717) is 10.1 Å². The molecule has 2 aromatic rings. The maximum Gasteiger partial charge on any atom is 0.265 e. The number of hydrogen-bond donors (Lipinski definition) is 1. The predicted molar refractivity (Wildman–Crippen MR) is 53.2 cm³/mol. The molecule has 0 fully saturated rings. The largest absolute Gasteiger partial charge is 0.506 e. The van der Waals surface area contributed by atoms with Crippen molar-refractivity contribution in [3.8, 4) is 5.75 Å². The van der Waals surface area contributed by atoms with Crippen LogP contribution in [0.25, 0.3) is 10.1 Å². The van der Waals surface area contributed by atoms with Gasteiger partial charge in [0.2, 0.25) is 0 Å². The molecule has 0 unspecified atom stereocenters. The first-order valence-corrected chi connectivity index (χ1v) is 4.97. The molecule has 0 aliphatic rings. The number of benzene rings is 1. The third-order valence-corrected chi connectivity index (χ3v) is 3.19. The monoisotopic (exact) mass is 214 g/mol. The predicted octanol–water partition coefficient (Wildman–Crippen LogP) is 3.85. The molecule has 2 rings (SSSR count). The molecule has 0 aliphatic carbocycles. The topological polar surface area (TPSA) is 20.2 Å². The molecule has 74 valence electrons. The van der Waals surface area contributed by atoms with E-state index in [0.717, 1.165) is 16.9 Å². The lowest BCUT2D eigenvalue weighted by molar-refractivity contribution is 0.153. The van der Waals surface area contributed by atoms with Crippen LogP contribution >= 0.6 is 11.3 Å². The van der Waals surface area contributed by atoms with Crippen LogP contribution in [0.5, 0.6) is 5.75 Å². The van der Waals surface area contributed by atoms with Crippen molar-refractivity contribution in [1.82, 2.24) is 0 Å². The summed E-state index contributed by atoms with van der Waals surface area (Å²) in [7, 11) is 0. The summed E-state index contributed by atoms with van der Waals surface area (Å²) in [5.74, 6) is 0.0718. The lowest BCUT2D eigenvalue weighted by Crippen LogP contribution is -1.83. The standard InChI is InChI=1S/C10H8F2OS/c1-5-2-3-7(13)9-8(5)6(4-14-9)10(11)12/h2-4,10,13H,1H3. The first-order valence-electron chi connectivity index (χ1n) is 4.09. The van der Waals surface area contributed by atoms with Crippen molar-refractivity contribution in [3.63, 3.8) is 0 Å². The second-order valence-corrected chi connectivity index (χ2v) is 3.98. The lowest BCUT2D eigenvalue weighted by atomic mass is 10.1. The maximum absolute atomic E-state index is 12.6. The second kappa shape index (κ2) is 3.20. The summed E-state index contributed by atoms with van der Waals surface area (Å²) in [5.41, 5.74) is 0.785. The fourth-order valence-corrected chi connectivity index (χ4v) is 2.54. The summed E-state index contributed by atoms with van der Waals surface area (Å²) in [6.07, 6.45) is -2.48. The number of rotatable bonds is 1. The molecular formula is C10H8F2OS. The van der Waals surface area contributed by atoms with Crippen molar-refractivity contribution in [2.24, 2.45) is 0 Å². The zero-order valence-corrected chi connectivity index (χ0v) is 8.24. The minimum absolute atomic E-state index is 0.0124. The summed E-state index contributed by atoms with van der Waals surface area (Å²) in [6, 6.07) is 3.18. The fraction of sp³-hybridized carbons (Fsp3) is 0.200. The summed E-state index contributed by atoms with van der Waals surface area (Å²) >= 11 is 1.15. The van der Waals surface area contributed by atoms with E-state index in [1.807, 2.05) is 0 Å². The first-order chi connectivity index (χ1) is 6.61. The molecule has 1 N–H and O–H groups in total. The van der Waals surface area contributed by atoms with Crippen LogP contribution in [-0.4, -0.2) is 5.11 Å². The van der Waals surface area contributed by atoms with E-state index >= 15 is 0 Å². The van der Waals surface area contributed by atoms with Gasteiger partial charge in [-0.15, -0.1) is 11.3 Å². The van der Waals surface area contributed by atoms with Gasteiger partial charge in [0.15, 0.2) is 0 Å². The summed E-state index contributed by atoms with van der Waals surface area (Å²) in [6.45, 7) is 1.76. The molecule has 0 spiro atoms. The van der Waals surface area contributed by atoms with E-state index < -0.39 is 6.43 Å². The fourth-order valence-electron chi connectivity index (χ4n) is 1.49. The van der Waals surface area contributed by atoms with Crippen LogP contribution in [0.15, 0.2) is 17.5 Å². The van der Waals surface area contributed by atoms with Gasteiger partial charge in [0.05, 0.1) is 4.70 Å². The quantitative estimate of drug-likeness (QED) is 0.764. The molecule has 0 amide bonds. The Balaban J connectivity index is 2.84. The van der Waals surface area contributed by atoms with Gasteiger partial charge in [0.25, 0.3) is 6.43 Å². The van der Waals surface area contributed by atoms with Crippen molar-refractivity contribution in [3.05, 3.63) is 28.6 Å². The second-order valence-electron chi connectivity index (χ2n) is 3.10. The van der Waals surface area contributed by atoms with Crippen LogP contribution < -0.4 is 0 Å². The Labute approximate surface area is 83.6 Å². The van der Waals surface area contributed by atoms with Crippen molar-refractivity contribution in [2.45, 2.75) is 13.3 Å². The Bertz CT molecular complexity index is 476. The van der Waals surface area contributed by atoms with Gasteiger partial charge in [-0.25, -0.2) is 8.78 Å². The molecule has 4 heteroatoms. The third kappa shape index (κ3) is 1.26. The van der Waals surface area contributed by atoms with E-state index in [1.165, 1.54) is 11.4 Å². The molecule has 0 aliphatic heterocycles. The van der Waals surface area contributed by atoms with Crippen LogP contribution in [0.4, 0.5) is 8.78 Å². The summed E-state index contributed by atoms with van der Waals surface area (Å²) in [5, 5.41) is 11.4. The molecule has 0 atom stereocenters. The number of thiophene rings is 1. The molecule has 1 heterocycles. The zero-order chi connectivity index (χ0) is 10.3. The molecule has 1 aromatic carbocycles. The number of aryl methyl sites for hydroxylation is 1. The summed E-state index contributed by atoms with van der Waals surface area (Å²) in [4.78, 5) is 0. The molecule has 1 aromatic heterocycles. The van der Waals surface area contributed by atoms with Crippen LogP contribution in [0, 0.1) is 6.92 Å². The SMILES string of the molecule is Cc1ccc(O)c2scc(C(F)F)c12. The molecular weight excluding hydrogens is 206 g/mol. The zero-order valence-electron chi connectivity index (χ0n) is 7.42. The number of halogens is 2. The van der Waals surface area contributed by atoms with E-state index in [4.69, 9.17) is 0 Å². The Morgan fingerprint density at radius 3 is 2.71 bits per heavy atom. The van der Waals surface area contributed by atoms with Crippen LogP contribution in [0.3, 0.4) is 0 Å². The van der Waals surface area contributed by atoms with Gasteiger partial charge in [-0.3, -0.25) is 0 Å². The average molecular weight is 214 g/mol. The normalized spacial score (nSPS) is 11.4. The number of hydrogen-bond acceptors (Lipinski definition) is 2. The molecule has 0 saturated heterocycles. The highest BCUT2D eigenvalue weighted by Crippen LogP contribution is 2.39. The number of aromatic hydroxyl groups is 1. The van der Waals surface area contributed by atoms with E-state index in [2.05, 4.69) is 0 Å². The number of phenolic OH excluding ortho intramolecular Hbond substituents is 1. The molecule has 0 bridgehead atoms. The minimum Gasteiger partial charge on any atom is -0.506 e. The first kappa shape index (κ1) is 9.40. The van der Waals surface area contributed by atoms with Gasteiger partial charge >= 0.3 is 0 Å².